The molecule has 6 nitrogen and oxygen atoms in total. The van der Waals surface area contributed by atoms with Gasteiger partial charge in [-0.15, -0.1) is 22.7 Å². The van der Waals surface area contributed by atoms with Crippen LogP contribution in [0, 0.1) is 0 Å². The highest BCUT2D eigenvalue weighted by molar-refractivity contribution is 7.92. The van der Waals surface area contributed by atoms with Gasteiger partial charge in [0.05, 0.1) is 0 Å². The number of benzene rings is 2. The highest BCUT2D eigenvalue weighted by Crippen LogP contribution is 2.33. The summed E-state index contributed by atoms with van der Waals surface area (Å²) in [5.74, 6) is 0. The Morgan fingerprint density at radius 2 is 0.833 bits per heavy atom. The van der Waals surface area contributed by atoms with Crippen LogP contribution in [0.15, 0.2) is 130 Å². The van der Waals surface area contributed by atoms with Gasteiger partial charge in [-0.25, -0.2) is 7.94 Å². The largest absolute Gasteiger partial charge is 0.277 e. The van der Waals surface area contributed by atoms with E-state index in [9.17, 15) is 16.8 Å². The van der Waals surface area contributed by atoms with Gasteiger partial charge in [0.25, 0.3) is 20.0 Å². The molecule has 2 aromatic carbocycles. The highest BCUT2D eigenvalue weighted by atomic mass is 32.3. The van der Waals surface area contributed by atoms with E-state index in [1.807, 2.05) is 36.4 Å². The zero-order valence-corrected chi connectivity index (χ0v) is 26.4. The molecule has 0 aliphatic carbocycles. The highest BCUT2D eigenvalue weighted by Gasteiger charge is 2.19. The minimum absolute atomic E-state index is 0.355. The van der Waals surface area contributed by atoms with Crippen molar-refractivity contribution in [2.45, 2.75) is 35.1 Å². The lowest BCUT2D eigenvalue weighted by Gasteiger charge is -2.02. The smallest absolute Gasteiger partial charge is 0.248 e. The monoisotopic (exact) mass is 634 g/mol. The molecule has 0 N–H and O–H groups in total. The van der Waals surface area contributed by atoms with Crippen LogP contribution in [0.1, 0.15) is 25.0 Å². The van der Waals surface area contributed by atoms with Crippen LogP contribution in [0.5, 0.6) is 0 Å². The molecule has 0 atom stereocenters. The molecule has 216 valence electrons. The van der Waals surface area contributed by atoms with E-state index in [0.717, 1.165) is 33.7 Å². The third-order valence-electron chi connectivity index (χ3n) is 6.67. The van der Waals surface area contributed by atoms with Crippen LogP contribution in [-0.4, -0.2) is 24.8 Å². The van der Waals surface area contributed by atoms with Gasteiger partial charge in [0.15, 0.2) is 0 Å². The molecule has 0 amide bonds. The molecule has 0 bridgehead atoms. The van der Waals surface area contributed by atoms with Crippen LogP contribution < -0.4 is 0 Å². The summed E-state index contributed by atoms with van der Waals surface area (Å²) >= 11 is 2.59. The molecule has 0 radical (unpaired) electrons. The molecule has 6 rings (SSSR count). The molecule has 0 saturated carbocycles. The number of aromatic nitrogens is 2. The first kappa shape index (κ1) is 29.8. The topological polar surface area (TPSA) is 78.1 Å². The number of thiophene rings is 2. The second-order valence-corrected chi connectivity index (χ2v) is 15.7. The Hall–Kier alpha value is -3.70. The molecule has 10 heteroatoms. The zero-order valence-electron chi connectivity index (χ0n) is 23.1. The number of rotatable bonds is 8. The van der Waals surface area contributed by atoms with Crippen molar-refractivity contribution in [2.24, 2.45) is 0 Å². The fourth-order valence-electron chi connectivity index (χ4n) is 4.20. The van der Waals surface area contributed by atoms with Gasteiger partial charge in [-0.3, -0.25) is 0 Å². The van der Waals surface area contributed by atoms with E-state index >= 15 is 0 Å². The Balaban J connectivity index is 0.000000168. The summed E-state index contributed by atoms with van der Waals surface area (Å²) in [6, 6.07) is 30.3. The Morgan fingerprint density at radius 3 is 1.14 bits per heavy atom. The molecule has 6 aromatic rings. The lowest BCUT2D eigenvalue weighted by molar-refractivity contribution is 0.588. The second-order valence-electron chi connectivity index (χ2n) is 9.37. The van der Waals surface area contributed by atoms with Gasteiger partial charge in [-0.1, -0.05) is 62.4 Å². The van der Waals surface area contributed by atoms with Crippen molar-refractivity contribution in [3.8, 4) is 20.9 Å². The fraction of sp³-hybridized carbons (Fsp3) is 0.125. The fourth-order valence-corrected chi connectivity index (χ4v) is 9.40. The average Bonchev–Trinajstić information content (AvgIpc) is 3.85. The number of hydrogen-bond donors (Lipinski definition) is 0. The van der Waals surface area contributed by atoms with Crippen LogP contribution in [0.2, 0.25) is 0 Å². The van der Waals surface area contributed by atoms with E-state index in [1.165, 1.54) is 41.7 Å². The van der Waals surface area contributed by atoms with Crippen molar-refractivity contribution in [2.75, 3.05) is 0 Å². The molecule has 42 heavy (non-hydrogen) atoms. The van der Waals surface area contributed by atoms with E-state index in [-0.39, 0.29) is 0 Å². The summed E-state index contributed by atoms with van der Waals surface area (Å²) in [6.07, 6.45) is 8.18. The van der Waals surface area contributed by atoms with E-state index in [1.54, 1.807) is 61.2 Å². The molecule has 0 unspecified atom stereocenters. The quantitative estimate of drug-likeness (QED) is 0.170. The van der Waals surface area contributed by atoms with Gasteiger partial charge in [0, 0.05) is 34.5 Å². The molecule has 0 spiro atoms. The van der Waals surface area contributed by atoms with E-state index in [2.05, 4.69) is 38.1 Å². The predicted octanol–water partition coefficient (Wildman–Crippen LogP) is 8.03. The maximum absolute atomic E-state index is 12.4. The van der Waals surface area contributed by atoms with Crippen LogP contribution in [-0.2, 0) is 32.9 Å². The van der Waals surface area contributed by atoms with Gasteiger partial charge in [-0.05, 0) is 83.6 Å². The molecular weight excluding hydrogens is 605 g/mol. The lowest BCUT2D eigenvalue weighted by atomic mass is 10.1. The van der Waals surface area contributed by atoms with Crippen molar-refractivity contribution in [1.29, 1.82) is 0 Å². The summed E-state index contributed by atoms with van der Waals surface area (Å²) < 4.78 is 52.8. The van der Waals surface area contributed by atoms with Gasteiger partial charge >= 0.3 is 0 Å². The summed E-state index contributed by atoms with van der Waals surface area (Å²) in [5.41, 5.74) is 4.64. The summed E-state index contributed by atoms with van der Waals surface area (Å²) in [7, 11) is -6.92. The van der Waals surface area contributed by atoms with Gasteiger partial charge in [0.1, 0.15) is 8.42 Å². The second kappa shape index (κ2) is 12.7. The van der Waals surface area contributed by atoms with Gasteiger partial charge < -0.3 is 0 Å². The Kier molecular flexibility index (Phi) is 8.98. The summed E-state index contributed by atoms with van der Waals surface area (Å²) in [5, 5.41) is 0. The van der Waals surface area contributed by atoms with E-state index in [4.69, 9.17) is 0 Å². The van der Waals surface area contributed by atoms with Gasteiger partial charge in [-0.2, -0.15) is 16.8 Å². The molecule has 0 aliphatic heterocycles. The third-order valence-corrected chi connectivity index (χ3v) is 13.2. The Morgan fingerprint density at radius 1 is 0.500 bits per heavy atom. The molecule has 4 aromatic heterocycles. The molecular formula is C32H30N2O4S4. The normalized spacial score (nSPS) is 11.7. The molecule has 4 heterocycles. The Labute approximate surface area is 255 Å². The standard InChI is InChI=1S/2C16H15NO2S2/c2*1-2-13-5-7-14(8-6-13)15-9-10-16(20-15)21(18,19)17-11-3-4-12-17/h2*3-12H,2H2,1H3. The molecule has 0 aliphatic rings. The Bertz CT molecular complexity index is 1800. The van der Waals surface area contributed by atoms with Crippen molar-refractivity contribution in [3.05, 3.63) is 133 Å². The SMILES string of the molecule is CCc1ccc(-c2ccc(S(=O)(=O)n3cccc3)s2)cc1.CCc1ccc(-c2ccc(S(=O)(=O)n3cccc3)s2)cc1. The maximum Gasteiger partial charge on any atom is 0.277 e. The van der Waals surface area contributed by atoms with Crippen molar-refractivity contribution >= 4 is 42.7 Å². The average molecular weight is 635 g/mol. The van der Waals surface area contributed by atoms with E-state index in [0.29, 0.717) is 8.42 Å². The van der Waals surface area contributed by atoms with E-state index < -0.39 is 20.0 Å². The van der Waals surface area contributed by atoms with Crippen molar-refractivity contribution in [1.82, 2.24) is 7.94 Å². The van der Waals surface area contributed by atoms with Gasteiger partial charge in [0.2, 0.25) is 0 Å². The van der Waals surface area contributed by atoms with Crippen LogP contribution in [0.4, 0.5) is 0 Å². The first-order chi connectivity index (χ1) is 20.2. The summed E-state index contributed by atoms with van der Waals surface area (Å²) in [6.45, 7) is 4.23. The molecule has 0 fully saturated rings. The van der Waals surface area contributed by atoms with Crippen molar-refractivity contribution < 1.29 is 16.8 Å². The minimum atomic E-state index is -3.46. The van der Waals surface area contributed by atoms with Crippen LogP contribution in [0.25, 0.3) is 20.9 Å². The van der Waals surface area contributed by atoms with Crippen molar-refractivity contribution in [3.63, 3.8) is 0 Å². The lowest BCUT2D eigenvalue weighted by Crippen LogP contribution is -2.08. The molecule has 0 saturated heterocycles. The summed E-state index contributed by atoms with van der Waals surface area (Å²) in [4.78, 5) is 1.92. The predicted molar refractivity (Wildman–Crippen MR) is 172 cm³/mol. The zero-order chi connectivity index (χ0) is 29.7. The third kappa shape index (κ3) is 6.37. The first-order valence-electron chi connectivity index (χ1n) is 13.4. The number of nitrogens with zero attached hydrogens (tertiary/aromatic N) is 2. The maximum atomic E-state index is 12.4. The van der Waals surface area contributed by atoms with Crippen LogP contribution in [0.3, 0.4) is 0 Å². The number of aryl methyl sites for hydroxylation is 2. The first-order valence-corrected chi connectivity index (χ1v) is 17.9. The van der Waals surface area contributed by atoms with Crippen LogP contribution >= 0.6 is 22.7 Å². The minimum Gasteiger partial charge on any atom is -0.248 e. The number of hydrogen-bond acceptors (Lipinski definition) is 6.